The van der Waals surface area contributed by atoms with Gasteiger partial charge in [-0.1, -0.05) is 18.2 Å². The van der Waals surface area contributed by atoms with Crippen molar-refractivity contribution in [1.29, 1.82) is 0 Å². The fourth-order valence-corrected chi connectivity index (χ4v) is 3.08. The lowest BCUT2D eigenvalue weighted by molar-refractivity contribution is -0.193. The predicted molar refractivity (Wildman–Crippen MR) is 73.2 cm³/mol. The number of alkyl halides is 4. The van der Waals surface area contributed by atoms with Crippen molar-refractivity contribution in [2.45, 2.75) is 18.6 Å². The molecule has 0 saturated carbocycles. The summed E-state index contributed by atoms with van der Waals surface area (Å²) in [5.74, 6) is -1.16. The van der Waals surface area contributed by atoms with Gasteiger partial charge in [0.15, 0.2) is 6.04 Å². The van der Waals surface area contributed by atoms with E-state index in [1.165, 1.54) is 0 Å². The number of aromatic amines is 1. The number of benzene rings is 1. The maximum Gasteiger partial charge on any atom is 0.414 e. The number of para-hydroxylation sites is 1. The third-order valence-electron chi connectivity index (χ3n) is 3.78. The summed E-state index contributed by atoms with van der Waals surface area (Å²) in [7, 11) is 0. The van der Waals surface area contributed by atoms with Crippen LogP contribution < -0.4 is 0 Å². The first-order chi connectivity index (χ1) is 9.93. The third kappa shape index (κ3) is 2.27. The van der Waals surface area contributed by atoms with Crippen LogP contribution in [0.1, 0.15) is 17.3 Å². The van der Waals surface area contributed by atoms with Crippen molar-refractivity contribution < 1.29 is 18.0 Å². The zero-order chi connectivity index (χ0) is 15.2. The van der Waals surface area contributed by atoms with Gasteiger partial charge in [0.05, 0.1) is 5.69 Å². The Kier molecular flexibility index (Phi) is 3.36. The van der Waals surface area contributed by atoms with Gasteiger partial charge in [0, 0.05) is 17.4 Å². The van der Waals surface area contributed by atoms with Gasteiger partial charge in [0.25, 0.3) is 0 Å². The standard InChI is InChI=1S/C14H12ClF3N2O/c15-7-11(21)20-6-5-9-8-3-1-2-4-10(8)19-12(9)13(20)14(16,17)18/h1-4,13,19H,5-7H2/t13-/m0/s1. The van der Waals surface area contributed by atoms with E-state index in [9.17, 15) is 18.0 Å². The first-order valence-corrected chi connectivity index (χ1v) is 6.98. The number of halogens is 4. The van der Waals surface area contributed by atoms with Gasteiger partial charge in [-0.05, 0) is 18.1 Å². The highest BCUT2D eigenvalue weighted by atomic mass is 35.5. The molecular weight excluding hydrogens is 305 g/mol. The molecular formula is C14H12ClF3N2O. The van der Waals surface area contributed by atoms with E-state index >= 15 is 0 Å². The maximum atomic E-state index is 13.4. The van der Waals surface area contributed by atoms with Crippen LogP contribution >= 0.6 is 11.6 Å². The Bertz CT molecular complexity index is 695. The molecule has 0 spiro atoms. The first-order valence-electron chi connectivity index (χ1n) is 6.45. The van der Waals surface area contributed by atoms with Crippen LogP contribution in [-0.2, 0) is 11.2 Å². The zero-order valence-electron chi connectivity index (χ0n) is 10.9. The Morgan fingerprint density at radius 2 is 2.10 bits per heavy atom. The Morgan fingerprint density at radius 3 is 2.76 bits per heavy atom. The van der Waals surface area contributed by atoms with Gasteiger partial charge in [0.1, 0.15) is 5.88 Å². The smallest absolute Gasteiger partial charge is 0.356 e. The summed E-state index contributed by atoms with van der Waals surface area (Å²) in [5, 5.41) is 0.778. The molecule has 3 rings (SSSR count). The van der Waals surface area contributed by atoms with E-state index in [2.05, 4.69) is 4.98 Å². The minimum atomic E-state index is -4.54. The van der Waals surface area contributed by atoms with E-state index < -0.39 is 24.0 Å². The van der Waals surface area contributed by atoms with Crippen molar-refractivity contribution in [1.82, 2.24) is 9.88 Å². The summed E-state index contributed by atoms with van der Waals surface area (Å²) in [4.78, 5) is 15.4. The van der Waals surface area contributed by atoms with E-state index in [1.54, 1.807) is 24.3 Å². The summed E-state index contributed by atoms with van der Waals surface area (Å²) < 4.78 is 40.3. The molecule has 1 aromatic carbocycles. The average Bonchev–Trinajstić information content (AvgIpc) is 2.82. The largest absolute Gasteiger partial charge is 0.414 e. The number of fused-ring (bicyclic) bond motifs is 3. The van der Waals surface area contributed by atoms with E-state index in [-0.39, 0.29) is 12.2 Å². The number of carbonyl (C=O) groups is 1. The molecule has 3 nitrogen and oxygen atoms in total. The molecule has 0 bridgehead atoms. The van der Waals surface area contributed by atoms with Crippen molar-refractivity contribution in [2.75, 3.05) is 12.4 Å². The number of hydrogen-bond donors (Lipinski definition) is 1. The van der Waals surface area contributed by atoms with Crippen molar-refractivity contribution in [3.63, 3.8) is 0 Å². The van der Waals surface area contributed by atoms with Crippen molar-refractivity contribution in [2.24, 2.45) is 0 Å². The second kappa shape index (κ2) is 4.94. The van der Waals surface area contributed by atoms with Gasteiger partial charge in [0.2, 0.25) is 5.91 Å². The van der Waals surface area contributed by atoms with Gasteiger partial charge in [-0.3, -0.25) is 4.79 Å². The van der Waals surface area contributed by atoms with Crippen molar-refractivity contribution >= 4 is 28.4 Å². The molecule has 1 aliphatic rings. The van der Waals surface area contributed by atoms with Gasteiger partial charge in [-0.15, -0.1) is 11.6 Å². The molecule has 21 heavy (non-hydrogen) atoms. The quantitative estimate of drug-likeness (QED) is 0.804. The van der Waals surface area contributed by atoms with Crippen LogP contribution in [0.2, 0.25) is 0 Å². The molecule has 1 aromatic heterocycles. The number of aromatic nitrogens is 1. The molecule has 0 radical (unpaired) electrons. The van der Waals surface area contributed by atoms with Crippen LogP contribution in [0.25, 0.3) is 10.9 Å². The van der Waals surface area contributed by atoms with Crippen LogP contribution in [0.5, 0.6) is 0 Å². The van der Waals surface area contributed by atoms with E-state index in [4.69, 9.17) is 11.6 Å². The minimum absolute atomic E-state index is 0.0184. The van der Waals surface area contributed by atoms with Gasteiger partial charge in [-0.2, -0.15) is 13.2 Å². The molecule has 0 saturated heterocycles. The predicted octanol–water partition coefficient (Wildman–Crippen LogP) is 3.39. The Morgan fingerprint density at radius 1 is 1.38 bits per heavy atom. The number of amides is 1. The summed E-state index contributed by atoms with van der Waals surface area (Å²) in [6, 6.07) is 5.11. The fraction of sp³-hybridized carbons (Fsp3) is 0.357. The lowest BCUT2D eigenvalue weighted by Crippen LogP contribution is -2.47. The molecule has 1 aliphatic heterocycles. The molecule has 0 fully saturated rings. The Balaban J connectivity index is 2.18. The molecule has 1 amide bonds. The average molecular weight is 317 g/mol. The number of nitrogens with zero attached hydrogens (tertiary/aromatic N) is 1. The van der Waals surface area contributed by atoms with Crippen LogP contribution in [-0.4, -0.2) is 34.4 Å². The second-order valence-electron chi connectivity index (χ2n) is 4.98. The van der Waals surface area contributed by atoms with Crippen LogP contribution in [0, 0.1) is 0 Å². The lowest BCUT2D eigenvalue weighted by atomic mass is 9.97. The molecule has 1 N–H and O–H groups in total. The highest BCUT2D eigenvalue weighted by Crippen LogP contribution is 2.43. The lowest BCUT2D eigenvalue weighted by Gasteiger charge is -2.36. The van der Waals surface area contributed by atoms with Gasteiger partial charge in [-0.25, -0.2) is 0 Å². The molecule has 1 atom stereocenters. The van der Waals surface area contributed by atoms with Crippen molar-refractivity contribution in [3.8, 4) is 0 Å². The zero-order valence-corrected chi connectivity index (χ0v) is 11.6. The number of hydrogen-bond acceptors (Lipinski definition) is 1. The molecule has 2 aromatic rings. The topological polar surface area (TPSA) is 36.1 Å². The monoisotopic (exact) mass is 316 g/mol. The number of carbonyl (C=O) groups excluding carboxylic acids is 1. The Hall–Kier alpha value is -1.69. The molecule has 0 aliphatic carbocycles. The highest BCUT2D eigenvalue weighted by molar-refractivity contribution is 6.27. The first kappa shape index (κ1) is 14.3. The van der Waals surface area contributed by atoms with Gasteiger partial charge < -0.3 is 9.88 Å². The maximum absolute atomic E-state index is 13.4. The molecule has 112 valence electrons. The summed E-state index contributed by atoms with van der Waals surface area (Å²) in [5.41, 5.74) is 1.33. The fourth-order valence-electron chi connectivity index (χ4n) is 2.93. The second-order valence-corrected chi connectivity index (χ2v) is 5.24. The minimum Gasteiger partial charge on any atom is -0.356 e. The molecule has 7 heteroatoms. The third-order valence-corrected chi connectivity index (χ3v) is 4.01. The summed E-state index contributed by atoms with van der Waals surface area (Å²) in [6.07, 6.45) is -4.16. The molecule has 2 heterocycles. The van der Waals surface area contributed by atoms with E-state index in [0.717, 1.165) is 10.3 Å². The highest BCUT2D eigenvalue weighted by Gasteiger charge is 2.50. The van der Waals surface area contributed by atoms with E-state index in [1.807, 2.05) is 0 Å². The summed E-state index contributed by atoms with van der Waals surface area (Å²) in [6.45, 7) is 0.0184. The number of H-pyrrole nitrogens is 1. The van der Waals surface area contributed by atoms with Crippen LogP contribution in [0.4, 0.5) is 13.2 Å². The summed E-state index contributed by atoms with van der Waals surface area (Å²) >= 11 is 5.44. The Labute approximate surface area is 123 Å². The van der Waals surface area contributed by atoms with Crippen molar-refractivity contribution in [3.05, 3.63) is 35.5 Å². The molecule has 0 unspecified atom stereocenters. The number of rotatable bonds is 1. The van der Waals surface area contributed by atoms with Crippen LogP contribution in [0.15, 0.2) is 24.3 Å². The van der Waals surface area contributed by atoms with Crippen LogP contribution in [0.3, 0.4) is 0 Å². The SMILES string of the molecule is O=C(CCl)N1CCc2c([nH]c3ccccc23)[C@H]1C(F)(F)F. The van der Waals surface area contributed by atoms with E-state index in [0.29, 0.717) is 17.5 Å². The normalized spacial score (nSPS) is 18.9. The van der Waals surface area contributed by atoms with Gasteiger partial charge >= 0.3 is 6.18 Å². The number of nitrogens with one attached hydrogen (secondary N) is 1.